The number of halogens is 1. The highest BCUT2D eigenvalue weighted by Gasteiger charge is 1.97. The van der Waals surface area contributed by atoms with Crippen LogP contribution in [0.15, 0.2) is 34.4 Å². The highest BCUT2D eigenvalue weighted by Crippen LogP contribution is 2.15. The van der Waals surface area contributed by atoms with E-state index < -0.39 is 5.82 Å². The van der Waals surface area contributed by atoms with Crippen LogP contribution in [0.3, 0.4) is 0 Å². The summed E-state index contributed by atoms with van der Waals surface area (Å²) in [5.74, 6) is 4.50. The second kappa shape index (κ2) is 5.08. The maximum absolute atomic E-state index is 13.0. The molecule has 0 aliphatic heterocycles. The Balaban J connectivity index is 2.83. The van der Waals surface area contributed by atoms with E-state index in [1.807, 2.05) is 0 Å². The lowest BCUT2D eigenvalue weighted by atomic mass is 10.3. The molecule has 0 atom stereocenters. The average Bonchev–Trinajstić information content (AvgIpc) is 2.22. The van der Waals surface area contributed by atoms with Gasteiger partial charge in [-0.1, -0.05) is 12.1 Å². The maximum Gasteiger partial charge on any atom is 0.148 e. The van der Waals surface area contributed by atoms with Gasteiger partial charge in [-0.15, -0.1) is 0 Å². The third kappa shape index (κ3) is 2.63. The molecular weight excluding hydrogens is 185 g/mol. The number of aliphatic hydroxyl groups is 1. The largest absolute Gasteiger partial charge is 0.390 e. The molecule has 1 aromatic carbocycles. The van der Waals surface area contributed by atoms with Crippen molar-refractivity contribution < 1.29 is 9.50 Å². The molecule has 3 N–H and O–H groups in total. The second-order valence-corrected chi connectivity index (χ2v) is 2.49. The molecule has 0 saturated carbocycles. The van der Waals surface area contributed by atoms with E-state index in [-0.39, 0.29) is 18.0 Å². The van der Waals surface area contributed by atoms with Gasteiger partial charge in [0, 0.05) is 0 Å². The van der Waals surface area contributed by atoms with Crippen molar-refractivity contribution in [1.29, 1.82) is 0 Å². The third-order valence-corrected chi connectivity index (χ3v) is 1.53. The monoisotopic (exact) mass is 195 g/mol. The fraction of sp³-hybridized carbons (Fsp3) is 0.111. The Morgan fingerprint density at radius 3 is 2.79 bits per heavy atom. The van der Waals surface area contributed by atoms with Crippen LogP contribution in [0.4, 0.5) is 10.1 Å². The average molecular weight is 195 g/mol. The number of aliphatic hydroxyl groups excluding tert-OH is 1. The van der Waals surface area contributed by atoms with Crippen LogP contribution in [0.1, 0.15) is 0 Å². The van der Waals surface area contributed by atoms with E-state index in [4.69, 9.17) is 10.9 Å². The van der Waals surface area contributed by atoms with Crippen LogP contribution >= 0.6 is 0 Å². The van der Waals surface area contributed by atoms with E-state index in [1.165, 1.54) is 18.3 Å². The zero-order valence-corrected chi connectivity index (χ0v) is 7.39. The number of rotatable bonds is 3. The summed E-state index contributed by atoms with van der Waals surface area (Å²) < 4.78 is 13.0. The number of hydrazone groups is 1. The Labute approximate surface area is 80.6 Å². The van der Waals surface area contributed by atoms with E-state index in [2.05, 4.69) is 10.1 Å². The van der Waals surface area contributed by atoms with Gasteiger partial charge < -0.3 is 10.9 Å². The summed E-state index contributed by atoms with van der Waals surface area (Å²) in [6.07, 6.45) is 1.22. The minimum Gasteiger partial charge on any atom is -0.390 e. The number of hydrogen-bond acceptors (Lipinski definition) is 4. The molecule has 0 saturated heterocycles. The molecule has 0 fully saturated rings. The Morgan fingerprint density at radius 2 is 2.21 bits per heavy atom. The highest BCUT2D eigenvalue weighted by atomic mass is 19.1. The number of nitrogens with zero attached hydrogens (tertiary/aromatic N) is 2. The van der Waals surface area contributed by atoms with Gasteiger partial charge in [0.25, 0.3) is 0 Å². The summed E-state index contributed by atoms with van der Waals surface area (Å²) >= 11 is 0. The van der Waals surface area contributed by atoms with Crippen molar-refractivity contribution in [1.82, 2.24) is 0 Å². The fourth-order valence-corrected chi connectivity index (χ4v) is 0.815. The van der Waals surface area contributed by atoms with Gasteiger partial charge in [-0.25, -0.2) is 4.39 Å². The summed E-state index contributed by atoms with van der Waals surface area (Å²) in [5.41, 5.74) is 0.371. The van der Waals surface area contributed by atoms with Gasteiger partial charge >= 0.3 is 0 Å². The van der Waals surface area contributed by atoms with Crippen LogP contribution in [0, 0.1) is 5.82 Å². The number of hydrogen-bond donors (Lipinski definition) is 2. The third-order valence-electron chi connectivity index (χ3n) is 1.53. The van der Waals surface area contributed by atoms with Gasteiger partial charge in [-0.2, -0.15) is 5.10 Å². The van der Waals surface area contributed by atoms with Crippen molar-refractivity contribution in [3.05, 3.63) is 30.1 Å². The first-order chi connectivity index (χ1) is 6.77. The molecule has 0 radical (unpaired) electrons. The molecule has 14 heavy (non-hydrogen) atoms. The standard InChI is InChI=1S/C9H10FN3O/c10-8-3-1-2-4-9(8)12-5-7(6-14)13-11/h1-5,14H,6,11H2. The van der Waals surface area contributed by atoms with Crippen molar-refractivity contribution in [3.63, 3.8) is 0 Å². The fourth-order valence-electron chi connectivity index (χ4n) is 0.815. The van der Waals surface area contributed by atoms with E-state index in [9.17, 15) is 4.39 Å². The Bertz CT molecular complexity index is 363. The highest BCUT2D eigenvalue weighted by molar-refractivity contribution is 6.31. The molecule has 0 spiro atoms. The van der Waals surface area contributed by atoms with Crippen molar-refractivity contribution in [2.24, 2.45) is 15.9 Å². The summed E-state index contributed by atoms with van der Waals surface area (Å²) in [6, 6.07) is 6.04. The lowest BCUT2D eigenvalue weighted by molar-refractivity contribution is 0.359. The Hall–Kier alpha value is -1.75. The molecule has 0 aromatic heterocycles. The predicted octanol–water partition coefficient (Wildman–Crippen LogP) is 0.835. The van der Waals surface area contributed by atoms with E-state index in [0.717, 1.165) is 0 Å². The SMILES string of the molecule is NN=C(C=Nc1ccccc1F)CO. The zero-order valence-electron chi connectivity index (χ0n) is 7.39. The lowest BCUT2D eigenvalue weighted by Crippen LogP contribution is -2.08. The molecule has 5 heteroatoms. The smallest absolute Gasteiger partial charge is 0.148 e. The molecule has 0 aliphatic rings. The second-order valence-electron chi connectivity index (χ2n) is 2.49. The van der Waals surface area contributed by atoms with E-state index >= 15 is 0 Å². The summed E-state index contributed by atoms with van der Waals surface area (Å²) in [4.78, 5) is 3.78. The summed E-state index contributed by atoms with van der Waals surface area (Å²) in [6.45, 7) is -0.325. The maximum atomic E-state index is 13.0. The lowest BCUT2D eigenvalue weighted by Gasteiger charge is -1.95. The van der Waals surface area contributed by atoms with E-state index in [1.54, 1.807) is 12.1 Å². The van der Waals surface area contributed by atoms with Crippen LogP contribution in [0.25, 0.3) is 0 Å². The van der Waals surface area contributed by atoms with Gasteiger partial charge in [0.05, 0.1) is 18.5 Å². The van der Waals surface area contributed by atoms with Crippen molar-refractivity contribution in [2.45, 2.75) is 0 Å². The minimum absolute atomic E-state index is 0.182. The molecular formula is C9H10FN3O. The van der Waals surface area contributed by atoms with Crippen LogP contribution in [0.2, 0.25) is 0 Å². The Kier molecular flexibility index (Phi) is 3.75. The zero-order chi connectivity index (χ0) is 10.4. The molecule has 0 aliphatic carbocycles. The molecule has 0 bridgehead atoms. The molecule has 74 valence electrons. The predicted molar refractivity (Wildman–Crippen MR) is 53.3 cm³/mol. The van der Waals surface area contributed by atoms with Gasteiger partial charge in [-0.3, -0.25) is 4.99 Å². The molecule has 4 nitrogen and oxygen atoms in total. The van der Waals surface area contributed by atoms with Gasteiger partial charge in [-0.05, 0) is 12.1 Å². The van der Waals surface area contributed by atoms with Crippen LogP contribution < -0.4 is 5.84 Å². The van der Waals surface area contributed by atoms with Crippen molar-refractivity contribution >= 4 is 17.6 Å². The first-order valence-corrected chi connectivity index (χ1v) is 3.94. The molecule has 0 unspecified atom stereocenters. The molecule has 1 aromatic rings. The topological polar surface area (TPSA) is 71.0 Å². The van der Waals surface area contributed by atoms with Crippen molar-refractivity contribution in [2.75, 3.05) is 6.61 Å². The number of nitrogens with two attached hydrogens (primary N) is 1. The quantitative estimate of drug-likeness (QED) is 0.426. The number of benzene rings is 1. The summed E-state index contributed by atoms with van der Waals surface area (Å²) in [5, 5.41) is 11.9. The Morgan fingerprint density at radius 1 is 1.50 bits per heavy atom. The molecule has 1 rings (SSSR count). The van der Waals surface area contributed by atoms with Gasteiger partial charge in [0.2, 0.25) is 0 Å². The summed E-state index contributed by atoms with van der Waals surface area (Å²) in [7, 11) is 0. The van der Waals surface area contributed by atoms with Crippen molar-refractivity contribution in [3.8, 4) is 0 Å². The molecule has 0 heterocycles. The first-order valence-electron chi connectivity index (χ1n) is 3.94. The van der Waals surface area contributed by atoms with Gasteiger partial charge in [0.15, 0.2) is 0 Å². The molecule has 0 amide bonds. The van der Waals surface area contributed by atoms with Crippen LogP contribution in [-0.4, -0.2) is 23.6 Å². The normalized spacial score (nSPS) is 12.3. The van der Waals surface area contributed by atoms with E-state index in [0.29, 0.717) is 0 Å². The van der Waals surface area contributed by atoms with Gasteiger partial charge in [0.1, 0.15) is 11.5 Å². The first kappa shape index (κ1) is 10.3. The number of aliphatic imine (C=N–C) groups is 1. The minimum atomic E-state index is -0.432. The number of para-hydroxylation sites is 1. The van der Waals surface area contributed by atoms with Crippen LogP contribution in [-0.2, 0) is 0 Å². The van der Waals surface area contributed by atoms with Crippen LogP contribution in [0.5, 0.6) is 0 Å².